The van der Waals surface area contributed by atoms with Crippen molar-refractivity contribution in [1.82, 2.24) is 0 Å². The molecule has 0 N–H and O–H groups in total. The van der Waals surface area contributed by atoms with Crippen molar-refractivity contribution in [3.63, 3.8) is 0 Å². The van der Waals surface area contributed by atoms with Gasteiger partial charge in [-0.2, -0.15) is 0 Å². The highest BCUT2D eigenvalue weighted by Crippen LogP contribution is 2.41. The number of fused-ring (bicyclic) bond motifs is 3. The molecule has 0 heteroatoms. The first-order valence-corrected chi connectivity index (χ1v) is 5.13. The third-order valence-electron chi connectivity index (χ3n) is 3.25. The summed E-state index contributed by atoms with van der Waals surface area (Å²) < 4.78 is 0. The van der Waals surface area contributed by atoms with Gasteiger partial charge in [-0.05, 0) is 36.8 Å². The molecule has 0 aromatic heterocycles. The Hall–Kier alpha value is -1.04. The Morgan fingerprint density at radius 3 is 3.38 bits per heavy atom. The first kappa shape index (κ1) is 7.37. The summed E-state index contributed by atoms with van der Waals surface area (Å²) >= 11 is 0. The predicted molar refractivity (Wildman–Crippen MR) is 54.0 cm³/mol. The van der Waals surface area contributed by atoms with Crippen LogP contribution in [-0.4, -0.2) is 0 Å². The summed E-state index contributed by atoms with van der Waals surface area (Å²) in [5, 5.41) is 0. The van der Waals surface area contributed by atoms with Gasteiger partial charge in [-0.25, -0.2) is 0 Å². The van der Waals surface area contributed by atoms with Crippen LogP contribution in [0.25, 0.3) is 0 Å². The van der Waals surface area contributed by atoms with Gasteiger partial charge in [0.05, 0.1) is 0 Å². The number of rotatable bonds is 0. The molecule has 13 heavy (non-hydrogen) atoms. The van der Waals surface area contributed by atoms with Crippen molar-refractivity contribution in [3.8, 4) is 0 Å². The van der Waals surface area contributed by atoms with Gasteiger partial charge in [0.1, 0.15) is 0 Å². The van der Waals surface area contributed by atoms with Gasteiger partial charge in [0.15, 0.2) is 0 Å². The fourth-order valence-corrected chi connectivity index (χ4v) is 2.56. The quantitative estimate of drug-likeness (QED) is 0.488. The van der Waals surface area contributed by atoms with Crippen molar-refractivity contribution in [1.29, 1.82) is 0 Å². The second kappa shape index (κ2) is 2.73. The Bertz CT molecular complexity index is 339. The lowest BCUT2D eigenvalue weighted by atomic mass is 9.75. The van der Waals surface area contributed by atoms with Crippen LogP contribution in [0.4, 0.5) is 0 Å². The highest BCUT2D eigenvalue weighted by Gasteiger charge is 2.28. The van der Waals surface area contributed by atoms with Gasteiger partial charge >= 0.3 is 0 Å². The average Bonchev–Trinajstić information content (AvgIpc) is 2.65. The van der Waals surface area contributed by atoms with E-state index in [1.54, 1.807) is 5.57 Å². The van der Waals surface area contributed by atoms with E-state index in [4.69, 9.17) is 0 Å². The molecule has 1 radical (unpaired) electrons. The summed E-state index contributed by atoms with van der Waals surface area (Å²) in [6.45, 7) is 0. The monoisotopic (exact) mass is 169 g/mol. The molecule has 0 saturated carbocycles. The van der Waals surface area contributed by atoms with E-state index in [0.717, 1.165) is 0 Å². The van der Waals surface area contributed by atoms with Gasteiger partial charge in [-0.3, -0.25) is 0 Å². The topological polar surface area (TPSA) is 0 Å². The zero-order valence-electron chi connectivity index (χ0n) is 7.66. The van der Waals surface area contributed by atoms with Crippen molar-refractivity contribution in [2.45, 2.75) is 19.3 Å². The predicted octanol–water partition coefficient (Wildman–Crippen LogP) is 3.20. The Balaban J connectivity index is 2.06. The van der Waals surface area contributed by atoms with Crippen molar-refractivity contribution in [3.05, 3.63) is 47.6 Å². The van der Waals surface area contributed by atoms with E-state index in [-0.39, 0.29) is 0 Å². The van der Waals surface area contributed by atoms with E-state index in [9.17, 15) is 0 Å². The average molecular weight is 169 g/mol. The summed E-state index contributed by atoms with van der Waals surface area (Å²) in [5.41, 5.74) is 2.99. The molecule has 0 aromatic carbocycles. The van der Waals surface area contributed by atoms with E-state index >= 15 is 0 Å². The molecule has 3 aliphatic carbocycles. The molecule has 0 nitrogen and oxygen atoms in total. The first-order valence-electron chi connectivity index (χ1n) is 5.13. The molecule has 2 unspecified atom stereocenters. The lowest BCUT2D eigenvalue weighted by Gasteiger charge is -2.29. The Labute approximate surface area is 79.3 Å². The fraction of sp³-hybridized carbons (Fsp3) is 0.385. The Kier molecular flexibility index (Phi) is 1.55. The zero-order valence-corrected chi connectivity index (χ0v) is 7.66. The minimum absolute atomic E-state index is 0.579. The Morgan fingerprint density at radius 1 is 1.38 bits per heavy atom. The van der Waals surface area contributed by atoms with E-state index in [0.29, 0.717) is 11.8 Å². The largest absolute Gasteiger partial charge is 0.0838 e. The summed E-state index contributed by atoms with van der Waals surface area (Å²) in [6.07, 6.45) is 18.7. The minimum atomic E-state index is 0.579. The molecule has 65 valence electrons. The van der Waals surface area contributed by atoms with Gasteiger partial charge in [0.25, 0.3) is 0 Å². The van der Waals surface area contributed by atoms with Crippen LogP contribution in [0.1, 0.15) is 19.3 Å². The lowest BCUT2D eigenvalue weighted by Crippen LogP contribution is -2.17. The van der Waals surface area contributed by atoms with E-state index in [1.165, 1.54) is 24.8 Å². The maximum absolute atomic E-state index is 3.41. The van der Waals surface area contributed by atoms with Crippen LogP contribution < -0.4 is 0 Å². The van der Waals surface area contributed by atoms with E-state index in [1.807, 2.05) is 0 Å². The molecular weight excluding hydrogens is 156 g/mol. The van der Waals surface area contributed by atoms with Gasteiger partial charge in [-0.15, -0.1) is 0 Å². The summed E-state index contributed by atoms with van der Waals surface area (Å²) in [5.74, 6) is 1.27. The maximum atomic E-state index is 3.41. The summed E-state index contributed by atoms with van der Waals surface area (Å²) in [7, 11) is 0. The normalized spacial score (nSPS) is 35.1. The van der Waals surface area contributed by atoms with Crippen molar-refractivity contribution in [2.24, 2.45) is 11.8 Å². The SMILES string of the molecule is [C]1=CC2CCCC=C2C2C=CC=C12. The molecule has 0 heterocycles. The molecule has 3 aliphatic rings. The smallest absolute Gasteiger partial charge is 0.0243 e. The van der Waals surface area contributed by atoms with Crippen molar-refractivity contribution >= 4 is 0 Å². The third-order valence-corrected chi connectivity index (χ3v) is 3.25. The molecule has 0 fully saturated rings. The second-order valence-corrected chi connectivity index (χ2v) is 4.04. The molecule has 2 atom stereocenters. The highest BCUT2D eigenvalue weighted by molar-refractivity contribution is 5.45. The Morgan fingerprint density at radius 2 is 2.38 bits per heavy atom. The first-order chi connectivity index (χ1) is 6.45. The van der Waals surface area contributed by atoms with Gasteiger partial charge in [0.2, 0.25) is 0 Å². The third kappa shape index (κ3) is 1.05. The molecule has 3 rings (SSSR count). The molecular formula is C13H13. The van der Waals surface area contributed by atoms with E-state index in [2.05, 4.69) is 36.5 Å². The zero-order chi connectivity index (χ0) is 8.67. The van der Waals surface area contributed by atoms with Crippen LogP contribution >= 0.6 is 0 Å². The van der Waals surface area contributed by atoms with Crippen molar-refractivity contribution in [2.75, 3.05) is 0 Å². The standard InChI is InChI=1S/C13H13/c1-2-6-12-10(4-1)8-9-11-5-3-7-13(11)12/h3,5-8,10,13H,1-2,4H2. The van der Waals surface area contributed by atoms with Gasteiger partial charge in [-0.1, -0.05) is 36.0 Å². The molecule has 0 bridgehead atoms. The van der Waals surface area contributed by atoms with Crippen LogP contribution in [0.2, 0.25) is 0 Å². The molecule has 0 amide bonds. The summed E-state index contributed by atoms with van der Waals surface area (Å²) in [6, 6.07) is 0. The molecule has 0 saturated heterocycles. The number of hydrogen-bond donors (Lipinski definition) is 0. The van der Waals surface area contributed by atoms with E-state index < -0.39 is 0 Å². The van der Waals surface area contributed by atoms with Crippen LogP contribution in [0.5, 0.6) is 0 Å². The maximum Gasteiger partial charge on any atom is 0.0243 e. The van der Waals surface area contributed by atoms with Crippen LogP contribution in [0.15, 0.2) is 41.5 Å². The summed E-state index contributed by atoms with van der Waals surface area (Å²) in [4.78, 5) is 0. The lowest BCUT2D eigenvalue weighted by molar-refractivity contribution is 0.550. The number of allylic oxidation sites excluding steroid dienone is 8. The second-order valence-electron chi connectivity index (χ2n) is 4.04. The van der Waals surface area contributed by atoms with Crippen LogP contribution in [0.3, 0.4) is 0 Å². The van der Waals surface area contributed by atoms with Crippen LogP contribution in [-0.2, 0) is 0 Å². The van der Waals surface area contributed by atoms with Crippen molar-refractivity contribution < 1.29 is 0 Å². The molecule has 0 spiro atoms. The number of hydrogen-bond acceptors (Lipinski definition) is 0. The minimum Gasteiger partial charge on any atom is -0.0838 e. The van der Waals surface area contributed by atoms with Gasteiger partial charge in [0, 0.05) is 5.92 Å². The molecule has 0 aromatic rings. The highest BCUT2D eigenvalue weighted by atomic mass is 14.3. The van der Waals surface area contributed by atoms with Gasteiger partial charge < -0.3 is 0 Å². The fourth-order valence-electron chi connectivity index (χ4n) is 2.56. The molecule has 0 aliphatic heterocycles. The van der Waals surface area contributed by atoms with Crippen LogP contribution in [0, 0.1) is 17.9 Å².